The summed E-state index contributed by atoms with van der Waals surface area (Å²) in [7, 11) is 0. The van der Waals surface area contributed by atoms with Crippen LogP contribution in [0, 0.1) is 0 Å². The van der Waals surface area contributed by atoms with Gasteiger partial charge < -0.3 is 21.7 Å². The van der Waals surface area contributed by atoms with Crippen molar-refractivity contribution >= 4 is 18.0 Å². The highest BCUT2D eigenvalue weighted by Gasteiger charge is 1.65. The summed E-state index contributed by atoms with van der Waals surface area (Å²) in [4.78, 5) is 27.0. The van der Waals surface area contributed by atoms with Crippen LogP contribution in [0.15, 0.2) is 0 Å². The zero-order valence-electron chi connectivity index (χ0n) is 6.77. The predicted octanol–water partition coefficient (Wildman–Crippen LogP) is -0.794. The van der Waals surface area contributed by atoms with E-state index in [0.29, 0.717) is 0 Å². The second-order valence-electron chi connectivity index (χ2n) is 1.44. The number of hydrogen-bond acceptors (Lipinski definition) is 3. The molecule has 0 heterocycles. The van der Waals surface area contributed by atoms with Gasteiger partial charge in [-0.15, -0.1) is 0 Å². The Morgan fingerprint density at radius 3 is 0.917 bits per heavy atom. The van der Waals surface area contributed by atoms with E-state index in [0.717, 1.165) is 13.8 Å². The molecule has 72 valence electrons. The Hall–Kier alpha value is -1.79. The fraction of sp³-hybridized carbons (Fsp3) is 0.400. The van der Waals surface area contributed by atoms with E-state index in [4.69, 9.17) is 24.6 Å². The third kappa shape index (κ3) is 133. The van der Waals surface area contributed by atoms with E-state index in [9.17, 15) is 0 Å². The topological polar surface area (TPSA) is 144 Å². The minimum Gasteiger partial charge on any atom is -0.481 e. The molecule has 0 fully saturated rings. The summed E-state index contributed by atoms with van der Waals surface area (Å²) < 4.78 is 0. The third-order valence-electron chi connectivity index (χ3n) is 0. The number of carbonyl (C=O) groups excluding carboxylic acids is 1. The normalized spacial score (nSPS) is 6.17. The number of nitrogens with two attached hydrogens (primary N) is 2. The maximum Gasteiger partial charge on any atom is 0.309 e. The number of carboxylic acids is 2. The highest BCUT2D eigenvalue weighted by Crippen LogP contribution is 1.42. The van der Waals surface area contributed by atoms with Crippen LogP contribution in [0.4, 0.5) is 4.79 Å². The van der Waals surface area contributed by atoms with Gasteiger partial charge in [0.15, 0.2) is 0 Å². The van der Waals surface area contributed by atoms with Crippen molar-refractivity contribution in [2.45, 2.75) is 13.8 Å². The lowest BCUT2D eigenvalue weighted by Gasteiger charge is -1.62. The number of carbonyl (C=O) groups is 3. The highest BCUT2D eigenvalue weighted by molar-refractivity contribution is 5.69. The van der Waals surface area contributed by atoms with Gasteiger partial charge in [0.05, 0.1) is 0 Å². The van der Waals surface area contributed by atoms with Crippen LogP contribution in [0.5, 0.6) is 0 Å². The summed E-state index contributed by atoms with van der Waals surface area (Å²) in [5.74, 6) is -1.67. The van der Waals surface area contributed by atoms with Gasteiger partial charge in [-0.1, -0.05) is 0 Å². The molecule has 7 nitrogen and oxygen atoms in total. The number of carboxylic acid groups (broad SMARTS) is 2. The SMILES string of the molecule is CC(=O)O.CC(=O)O.NC(N)=O. The van der Waals surface area contributed by atoms with E-state index >= 15 is 0 Å². The monoisotopic (exact) mass is 180 g/mol. The van der Waals surface area contributed by atoms with Gasteiger partial charge in [0, 0.05) is 13.8 Å². The molecule has 0 aliphatic heterocycles. The Morgan fingerprint density at radius 2 is 0.917 bits per heavy atom. The quantitative estimate of drug-likeness (QED) is 0.386. The van der Waals surface area contributed by atoms with E-state index in [1.165, 1.54) is 0 Å². The number of primary amides is 2. The van der Waals surface area contributed by atoms with E-state index in [2.05, 4.69) is 11.5 Å². The highest BCUT2D eigenvalue weighted by atomic mass is 16.4. The second kappa shape index (κ2) is 11.9. The summed E-state index contributed by atoms with van der Waals surface area (Å²) >= 11 is 0. The molecule has 0 bridgehead atoms. The molecule has 0 radical (unpaired) electrons. The number of rotatable bonds is 0. The van der Waals surface area contributed by atoms with Gasteiger partial charge in [0.2, 0.25) is 0 Å². The Balaban J connectivity index is -0.000000101. The zero-order valence-corrected chi connectivity index (χ0v) is 6.77. The third-order valence-corrected chi connectivity index (χ3v) is 0. The van der Waals surface area contributed by atoms with Crippen molar-refractivity contribution in [1.29, 1.82) is 0 Å². The maximum atomic E-state index is 9.00. The van der Waals surface area contributed by atoms with Crippen molar-refractivity contribution in [3.8, 4) is 0 Å². The molecule has 0 aliphatic carbocycles. The molecule has 0 aromatic heterocycles. The summed E-state index contributed by atoms with van der Waals surface area (Å²) in [6, 6.07) is -0.833. The lowest BCUT2D eigenvalue weighted by atomic mass is 10.9. The van der Waals surface area contributed by atoms with Gasteiger partial charge in [-0.3, -0.25) is 9.59 Å². The molecule has 0 aromatic carbocycles. The van der Waals surface area contributed by atoms with E-state index in [1.54, 1.807) is 0 Å². The van der Waals surface area contributed by atoms with Crippen molar-refractivity contribution in [2.75, 3.05) is 0 Å². The summed E-state index contributed by atoms with van der Waals surface area (Å²) in [5, 5.41) is 14.8. The standard InChI is InChI=1S/2C2H4O2.CH4N2O/c2*1-2(3)4;2-1(3)4/h2*1H3,(H,3,4);(H4,2,3,4). The first-order valence-electron chi connectivity index (χ1n) is 2.64. The second-order valence-corrected chi connectivity index (χ2v) is 1.44. The lowest BCUT2D eigenvalue weighted by molar-refractivity contribution is -0.135. The molecule has 0 atom stereocenters. The van der Waals surface area contributed by atoms with Crippen LogP contribution in [-0.2, 0) is 9.59 Å². The summed E-state index contributed by atoms with van der Waals surface area (Å²) in [6.07, 6.45) is 0. The number of hydrogen-bond donors (Lipinski definition) is 4. The molecule has 0 rings (SSSR count). The first-order valence-corrected chi connectivity index (χ1v) is 2.64. The van der Waals surface area contributed by atoms with Crippen LogP contribution in [0.1, 0.15) is 13.8 Å². The Morgan fingerprint density at radius 1 is 0.917 bits per heavy atom. The molecule has 6 N–H and O–H groups in total. The minimum atomic E-state index is -0.833. The summed E-state index contributed by atoms with van der Waals surface area (Å²) in [6.45, 7) is 2.17. The molecular weight excluding hydrogens is 168 g/mol. The minimum absolute atomic E-state index is 0.833. The fourth-order valence-electron chi connectivity index (χ4n) is 0. The molecule has 0 unspecified atom stereocenters. The van der Waals surface area contributed by atoms with Crippen molar-refractivity contribution in [1.82, 2.24) is 0 Å². The van der Waals surface area contributed by atoms with E-state index in [-0.39, 0.29) is 0 Å². The van der Waals surface area contributed by atoms with Crippen molar-refractivity contribution in [3.63, 3.8) is 0 Å². The van der Waals surface area contributed by atoms with Crippen LogP contribution in [0.3, 0.4) is 0 Å². The van der Waals surface area contributed by atoms with Crippen molar-refractivity contribution in [2.24, 2.45) is 11.5 Å². The van der Waals surface area contributed by atoms with Crippen LogP contribution in [-0.4, -0.2) is 28.2 Å². The zero-order chi connectivity index (χ0) is 10.7. The van der Waals surface area contributed by atoms with Crippen LogP contribution in [0.2, 0.25) is 0 Å². The average molecular weight is 180 g/mol. The smallest absolute Gasteiger partial charge is 0.309 e. The Labute approximate surface area is 69.0 Å². The lowest BCUT2D eigenvalue weighted by Crippen LogP contribution is -2.18. The molecule has 0 aromatic rings. The molecule has 12 heavy (non-hydrogen) atoms. The molecule has 0 saturated heterocycles. The molecule has 0 saturated carbocycles. The fourth-order valence-corrected chi connectivity index (χ4v) is 0. The Bertz CT molecular complexity index is 115. The average Bonchev–Trinajstić information content (AvgIpc) is 1.54. The van der Waals surface area contributed by atoms with Gasteiger partial charge in [0.1, 0.15) is 0 Å². The summed E-state index contributed by atoms with van der Waals surface area (Å²) in [5.41, 5.74) is 8.50. The number of aliphatic carboxylic acids is 2. The van der Waals surface area contributed by atoms with Crippen LogP contribution in [0.25, 0.3) is 0 Å². The first kappa shape index (κ1) is 16.7. The van der Waals surface area contributed by atoms with E-state index in [1.807, 2.05) is 0 Å². The Kier molecular flexibility index (Phi) is 16.6. The molecule has 2 amide bonds. The van der Waals surface area contributed by atoms with Crippen molar-refractivity contribution < 1.29 is 24.6 Å². The molecular formula is C5H12N2O5. The van der Waals surface area contributed by atoms with Gasteiger partial charge in [0.25, 0.3) is 11.9 Å². The number of urea groups is 1. The van der Waals surface area contributed by atoms with Gasteiger partial charge in [-0.2, -0.15) is 0 Å². The largest absolute Gasteiger partial charge is 0.481 e. The van der Waals surface area contributed by atoms with E-state index < -0.39 is 18.0 Å². The number of amides is 2. The molecule has 7 heteroatoms. The van der Waals surface area contributed by atoms with Gasteiger partial charge >= 0.3 is 6.03 Å². The van der Waals surface area contributed by atoms with Crippen molar-refractivity contribution in [3.05, 3.63) is 0 Å². The molecule has 0 spiro atoms. The van der Waals surface area contributed by atoms with Gasteiger partial charge in [-0.05, 0) is 0 Å². The predicted molar refractivity (Wildman–Crippen MR) is 40.4 cm³/mol. The first-order chi connectivity index (χ1) is 5.20. The molecule has 0 aliphatic rings. The van der Waals surface area contributed by atoms with Gasteiger partial charge in [-0.25, -0.2) is 4.79 Å². The van der Waals surface area contributed by atoms with Crippen LogP contribution < -0.4 is 11.5 Å². The van der Waals surface area contributed by atoms with Crippen LogP contribution >= 0.6 is 0 Å². The maximum absolute atomic E-state index is 9.00.